The van der Waals surface area contributed by atoms with E-state index in [4.69, 9.17) is 5.73 Å². The summed E-state index contributed by atoms with van der Waals surface area (Å²) in [5, 5.41) is 0. The molecule has 4 rings (SSSR count). The summed E-state index contributed by atoms with van der Waals surface area (Å²) in [6.45, 7) is 11.3. The molecule has 0 bridgehead atoms. The first-order valence-corrected chi connectivity index (χ1v) is 10.8. The number of fused-ring (bicyclic) bond motifs is 1. The van der Waals surface area contributed by atoms with Gasteiger partial charge < -0.3 is 5.73 Å². The molecule has 0 atom stereocenters. The van der Waals surface area contributed by atoms with Crippen LogP contribution in [0.1, 0.15) is 47.7 Å². The van der Waals surface area contributed by atoms with Crippen LogP contribution in [0, 0.1) is 6.92 Å². The molecule has 2 heterocycles. The lowest BCUT2D eigenvalue weighted by atomic mass is 10.00. The molecule has 2 N–H and O–H groups in total. The number of hydrogen-bond donors (Lipinski definition) is 1. The van der Waals surface area contributed by atoms with Crippen LogP contribution in [0.5, 0.6) is 0 Å². The van der Waals surface area contributed by atoms with Crippen molar-refractivity contribution >= 4 is 11.3 Å². The zero-order valence-electron chi connectivity index (χ0n) is 18.1. The highest BCUT2D eigenvalue weighted by molar-refractivity contribution is 5.77. The number of nitrogens with two attached hydrogens (primary N) is 1. The number of aryl methyl sites for hydroxylation is 1. The molecule has 5 heteroatoms. The number of nitrogens with zero attached hydrogens (tertiary/aromatic N) is 4. The maximum absolute atomic E-state index is 6.51. The standard InChI is InChI=1S/C25H31N5/c1-4-12-29(13-11-21-7-9-22-18(2)5-8-23(22)25(21)26)16-20-6-10-24(27-14-20)30-15-19(3)28-17-30/h6-7,9-10,14-15,17H,2,4-5,8,11-13,16,26H2,1,3H3. The third kappa shape index (κ3) is 4.31. The Morgan fingerprint density at radius 3 is 2.70 bits per heavy atom. The number of benzene rings is 1. The van der Waals surface area contributed by atoms with Gasteiger partial charge in [0.05, 0.1) is 5.69 Å². The minimum Gasteiger partial charge on any atom is -0.398 e. The van der Waals surface area contributed by atoms with Crippen LogP contribution in [0.4, 0.5) is 5.69 Å². The lowest BCUT2D eigenvalue weighted by Crippen LogP contribution is -2.27. The first-order valence-electron chi connectivity index (χ1n) is 10.8. The fourth-order valence-electron chi connectivity index (χ4n) is 4.27. The molecular weight excluding hydrogens is 370 g/mol. The van der Waals surface area contributed by atoms with Gasteiger partial charge in [-0.1, -0.05) is 31.7 Å². The van der Waals surface area contributed by atoms with Gasteiger partial charge in [0.25, 0.3) is 0 Å². The average Bonchev–Trinajstić information content (AvgIpc) is 3.34. The second kappa shape index (κ2) is 8.84. The second-order valence-electron chi connectivity index (χ2n) is 8.24. The summed E-state index contributed by atoms with van der Waals surface area (Å²) in [5.41, 5.74) is 14.7. The van der Waals surface area contributed by atoms with Crippen molar-refractivity contribution in [1.29, 1.82) is 0 Å². The molecule has 0 saturated carbocycles. The summed E-state index contributed by atoms with van der Waals surface area (Å²) >= 11 is 0. The van der Waals surface area contributed by atoms with E-state index in [2.05, 4.69) is 52.6 Å². The highest BCUT2D eigenvalue weighted by Gasteiger charge is 2.19. The number of nitrogen functional groups attached to an aromatic ring is 1. The minimum atomic E-state index is 0.895. The third-order valence-electron chi connectivity index (χ3n) is 5.93. The van der Waals surface area contributed by atoms with Gasteiger partial charge in [0, 0.05) is 31.2 Å². The van der Waals surface area contributed by atoms with Crippen LogP contribution in [-0.2, 0) is 19.4 Å². The van der Waals surface area contributed by atoms with E-state index in [1.165, 1.54) is 27.8 Å². The topological polar surface area (TPSA) is 60.0 Å². The number of allylic oxidation sites excluding steroid dienone is 1. The number of anilines is 1. The molecule has 0 spiro atoms. The Labute approximate surface area is 179 Å². The Morgan fingerprint density at radius 1 is 1.13 bits per heavy atom. The normalized spacial score (nSPS) is 13.2. The summed E-state index contributed by atoms with van der Waals surface area (Å²) < 4.78 is 1.95. The van der Waals surface area contributed by atoms with Gasteiger partial charge in [-0.05, 0) is 73.0 Å². The van der Waals surface area contributed by atoms with Gasteiger partial charge in [-0.3, -0.25) is 9.47 Å². The highest BCUT2D eigenvalue weighted by atomic mass is 15.1. The quantitative estimate of drug-likeness (QED) is 0.562. The third-order valence-corrected chi connectivity index (χ3v) is 5.93. The van der Waals surface area contributed by atoms with Crippen LogP contribution in [0.25, 0.3) is 11.4 Å². The maximum Gasteiger partial charge on any atom is 0.137 e. The molecule has 156 valence electrons. The van der Waals surface area contributed by atoms with Crippen molar-refractivity contribution in [3.05, 3.63) is 77.5 Å². The van der Waals surface area contributed by atoms with E-state index in [1.807, 2.05) is 23.9 Å². The Kier molecular flexibility index (Phi) is 6.00. The van der Waals surface area contributed by atoms with E-state index in [0.29, 0.717) is 0 Å². The van der Waals surface area contributed by atoms with E-state index in [-0.39, 0.29) is 0 Å². The number of rotatable bonds is 8. The van der Waals surface area contributed by atoms with Crippen molar-refractivity contribution in [2.75, 3.05) is 18.8 Å². The van der Waals surface area contributed by atoms with Gasteiger partial charge in [0.2, 0.25) is 0 Å². The van der Waals surface area contributed by atoms with Crippen LogP contribution >= 0.6 is 0 Å². The summed E-state index contributed by atoms with van der Waals surface area (Å²) in [5.74, 6) is 0.897. The molecule has 0 amide bonds. The van der Waals surface area contributed by atoms with Crippen molar-refractivity contribution in [2.45, 2.75) is 46.1 Å². The molecule has 1 aliphatic carbocycles. The van der Waals surface area contributed by atoms with Crippen LogP contribution in [-0.4, -0.2) is 32.5 Å². The fraction of sp³-hybridized carbons (Fsp3) is 0.360. The zero-order chi connectivity index (χ0) is 21.1. The van der Waals surface area contributed by atoms with E-state index in [9.17, 15) is 0 Å². The van der Waals surface area contributed by atoms with Crippen molar-refractivity contribution in [3.8, 4) is 5.82 Å². The Balaban J connectivity index is 1.41. The van der Waals surface area contributed by atoms with Crippen molar-refractivity contribution in [2.24, 2.45) is 0 Å². The molecule has 0 radical (unpaired) electrons. The van der Waals surface area contributed by atoms with E-state index >= 15 is 0 Å². The Bertz CT molecular complexity index is 1030. The molecular formula is C25H31N5. The lowest BCUT2D eigenvalue weighted by molar-refractivity contribution is 0.269. The molecule has 5 nitrogen and oxygen atoms in total. The molecule has 2 aromatic heterocycles. The summed E-state index contributed by atoms with van der Waals surface area (Å²) in [7, 11) is 0. The molecule has 1 aliphatic rings. The van der Waals surface area contributed by atoms with Gasteiger partial charge in [-0.2, -0.15) is 0 Å². The summed E-state index contributed by atoms with van der Waals surface area (Å²) in [4.78, 5) is 11.4. The average molecular weight is 402 g/mol. The number of hydrogen-bond acceptors (Lipinski definition) is 4. The van der Waals surface area contributed by atoms with Crippen LogP contribution < -0.4 is 5.73 Å². The van der Waals surface area contributed by atoms with Gasteiger partial charge in [-0.25, -0.2) is 9.97 Å². The van der Waals surface area contributed by atoms with Crippen LogP contribution in [0.3, 0.4) is 0 Å². The van der Waals surface area contributed by atoms with E-state index < -0.39 is 0 Å². The molecule has 0 saturated heterocycles. The number of pyridine rings is 1. The SMILES string of the molecule is C=C1CCc2c1ccc(CCN(CCC)Cc1ccc(-n3cnc(C)c3)nc1)c2N. The Hall–Kier alpha value is -2.92. The first-order chi connectivity index (χ1) is 14.5. The van der Waals surface area contributed by atoms with Gasteiger partial charge >= 0.3 is 0 Å². The highest BCUT2D eigenvalue weighted by Crippen LogP contribution is 2.36. The van der Waals surface area contributed by atoms with Gasteiger partial charge in [0.1, 0.15) is 12.1 Å². The molecule has 1 aromatic carbocycles. The zero-order valence-corrected chi connectivity index (χ0v) is 18.1. The molecule has 3 aromatic rings. The first kappa shape index (κ1) is 20.4. The Morgan fingerprint density at radius 2 is 2.00 bits per heavy atom. The lowest BCUT2D eigenvalue weighted by Gasteiger charge is -2.22. The van der Waals surface area contributed by atoms with Crippen molar-refractivity contribution in [1.82, 2.24) is 19.4 Å². The number of aromatic nitrogens is 3. The molecule has 0 fully saturated rings. The largest absolute Gasteiger partial charge is 0.398 e. The number of imidazole rings is 1. The second-order valence-corrected chi connectivity index (χ2v) is 8.24. The molecule has 0 unspecified atom stereocenters. The molecule has 0 aliphatic heterocycles. The summed E-state index contributed by atoms with van der Waals surface area (Å²) in [6, 6.07) is 8.63. The van der Waals surface area contributed by atoms with Crippen molar-refractivity contribution < 1.29 is 0 Å². The predicted molar refractivity (Wildman–Crippen MR) is 124 cm³/mol. The maximum atomic E-state index is 6.51. The van der Waals surface area contributed by atoms with Gasteiger partial charge in [0.15, 0.2) is 0 Å². The van der Waals surface area contributed by atoms with E-state index in [0.717, 1.165) is 62.5 Å². The smallest absolute Gasteiger partial charge is 0.137 e. The monoisotopic (exact) mass is 401 g/mol. The van der Waals surface area contributed by atoms with Crippen molar-refractivity contribution in [3.63, 3.8) is 0 Å². The van der Waals surface area contributed by atoms with Crippen LogP contribution in [0.2, 0.25) is 0 Å². The van der Waals surface area contributed by atoms with Gasteiger partial charge in [-0.15, -0.1) is 0 Å². The molecule has 30 heavy (non-hydrogen) atoms. The predicted octanol–water partition coefficient (Wildman–Crippen LogP) is 4.57. The fourth-order valence-corrected chi connectivity index (χ4v) is 4.27. The summed E-state index contributed by atoms with van der Waals surface area (Å²) in [6.07, 6.45) is 9.92. The van der Waals surface area contributed by atoms with Crippen LogP contribution in [0.15, 0.2) is 49.6 Å². The van der Waals surface area contributed by atoms with E-state index in [1.54, 1.807) is 6.33 Å². The minimum absolute atomic E-state index is 0.895.